The molecule has 5 heteroatoms. The number of rotatable bonds is 4. The molecule has 0 aliphatic rings. The third-order valence-electron chi connectivity index (χ3n) is 2.05. The van der Waals surface area contributed by atoms with E-state index < -0.39 is 5.97 Å². The highest BCUT2D eigenvalue weighted by atomic mass is 16.6. The van der Waals surface area contributed by atoms with Gasteiger partial charge in [-0.15, -0.1) is 0 Å². The summed E-state index contributed by atoms with van der Waals surface area (Å²) in [7, 11) is 1.55. The minimum absolute atomic E-state index is 0.121. The molecule has 2 rings (SSSR count). The van der Waals surface area contributed by atoms with Gasteiger partial charge in [0, 0.05) is 12.1 Å². The maximum atomic E-state index is 10.6. The number of benzene rings is 1. The molecule has 0 spiro atoms. The molecule has 0 aliphatic carbocycles. The minimum atomic E-state index is -1.13. The summed E-state index contributed by atoms with van der Waals surface area (Å²) in [5, 5.41) is 8.68. The molecular weight excluding hydrogens is 224 g/mol. The lowest BCUT2D eigenvalue weighted by Gasteiger charge is -2.03. The van der Waals surface area contributed by atoms with Crippen LogP contribution in [0, 0.1) is 0 Å². The number of hydrogen-bond acceptors (Lipinski definition) is 4. The molecule has 0 fully saturated rings. The Morgan fingerprint density at radius 1 is 1.24 bits per heavy atom. The van der Waals surface area contributed by atoms with Crippen molar-refractivity contribution in [3.8, 4) is 17.4 Å². The van der Waals surface area contributed by atoms with Gasteiger partial charge in [0.05, 0.1) is 7.11 Å². The monoisotopic (exact) mass is 234 g/mol. The largest absolute Gasteiger partial charge is 0.497 e. The first-order valence-corrected chi connectivity index (χ1v) is 4.84. The van der Waals surface area contributed by atoms with Crippen molar-refractivity contribution in [2.24, 2.45) is 0 Å². The van der Waals surface area contributed by atoms with Gasteiger partial charge in [-0.1, -0.05) is 6.07 Å². The van der Waals surface area contributed by atoms with Gasteiger partial charge < -0.3 is 19.0 Å². The summed E-state index contributed by atoms with van der Waals surface area (Å²) in [4.78, 5) is 10.6. The van der Waals surface area contributed by atoms with Gasteiger partial charge in [0.25, 0.3) is 5.95 Å². The zero-order valence-electron chi connectivity index (χ0n) is 9.04. The molecule has 88 valence electrons. The summed E-state index contributed by atoms with van der Waals surface area (Å²) in [6.45, 7) is 0. The maximum absolute atomic E-state index is 10.6. The molecule has 2 aromatic rings. The molecule has 0 radical (unpaired) electrons. The van der Waals surface area contributed by atoms with Gasteiger partial charge in [-0.25, -0.2) is 4.79 Å². The Bertz CT molecular complexity index is 529. The maximum Gasteiger partial charge on any atom is 0.371 e. The zero-order chi connectivity index (χ0) is 12.3. The Balaban J connectivity index is 2.16. The van der Waals surface area contributed by atoms with Crippen molar-refractivity contribution >= 4 is 5.97 Å². The van der Waals surface area contributed by atoms with E-state index in [0.29, 0.717) is 11.5 Å². The van der Waals surface area contributed by atoms with Crippen molar-refractivity contribution in [2.45, 2.75) is 0 Å². The Morgan fingerprint density at radius 3 is 2.65 bits per heavy atom. The van der Waals surface area contributed by atoms with Crippen LogP contribution in [0.15, 0.2) is 40.8 Å². The average molecular weight is 234 g/mol. The summed E-state index contributed by atoms with van der Waals surface area (Å²) in [5.74, 6) is -0.0211. The Morgan fingerprint density at radius 2 is 2.00 bits per heavy atom. The lowest BCUT2D eigenvalue weighted by molar-refractivity contribution is 0.0657. The summed E-state index contributed by atoms with van der Waals surface area (Å²) < 4.78 is 15.3. The van der Waals surface area contributed by atoms with Gasteiger partial charge in [0.15, 0.2) is 0 Å². The highest BCUT2D eigenvalue weighted by molar-refractivity contribution is 5.84. The van der Waals surface area contributed by atoms with Crippen LogP contribution in [0.5, 0.6) is 17.4 Å². The summed E-state index contributed by atoms with van der Waals surface area (Å²) in [6.07, 6.45) is 0. The number of aromatic carboxylic acids is 1. The molecule has 0 saturated carbocycles. The van der Waals surface area contributed by atoms with Gasteiger partial charge in [-0.2, -0.15) is 0 Å². The third kappa shape index (κ3) is 2.57. The van der Waals surface area contributed by atoms with E-state index in [-0.39, 0.29) is 11.7 Å². The zero-order valence-corrected chi connectivity index (χ0v) is 9.04. The SMILES string of the molecule is COc1cccc(Oc2ccc(C(=O)O)o2)c1. The topological polar surface area (TPSA) is 68.9 Å². The lowest BCUT2D eigenvalue weighted by Crippen LogP contribution is -1.91. The van der Waals surface area contributed by atoms with E-state index in [9.17, 15) is 4.79 Å². The van der Waals surface area contributed by atoms with Gasteiger partial charge in [-0.05, 0) is 18.2 Å². The van der Waals surface area contributed by atoms with E-state index in [1.165, 1.54) is 12.1 Å². The Kier molecular flexibility index (Phi) is 3.00. The van der Waals surface area contributed by atoms with E-state index >= 15 is 0 Å². The number of methoxy groups -OCH3 is 1. The molecule has 0 bridgehead atoms. The molecular formula is C12H10O5. The Labute approximate surface area is 97.2 Å². The predicted octanol–water partition coefficient (Wildman–Crippen LogP) is 2.78. The van der Waals surface area contributed by atoms with Gasteiger partial charge in [-0.3, -0.25) is 0 Å². The van der Waals surface area contributed by atoms with Crippen LogP contribution in [0.2, 0.25) is 0 Å². The average Bonchev–Trinajstić information content (AvgIpc) is 2.78. The van der Waals surface area contributed by atoms with Crippen LogP contribution in [0.4, 0.5) is 0 Å². The normalized spacial score (nSPS) is 9.94. The first-order valence-electron chi connectivity index (χ1n) is 4.84. The van der Waals surface area contributed by atoms with Crippen molar-refractivity contribution < 1.29 is 23.8 Å². The first-order chi connectivity index (χ1) is 8.19. The van der Waals surface area contributed by atoms with Gasteiger partial charge in [0.1, 0.15) is 11.5 Å². The second-order valence-electron chi connectivity index (χ2n) is 3.20. The molecule has 0 atom stereocenters. The standard InChI is InChI=1S/C12H10O5/c1-15-8-3-2-4-9(7-8)16-11-6-5-10(17-11)12(13)14/h2-7H,1H3,(H,13,14). The molecule has 0 unspecified atom stereocenters. The molecule has 1 N–H and O–H groups in total. The highest BCUT2D eigenvalue weighted by Gasteiger charge is 2.10. The van der Waals surface area contributed by atoms with Crippen LogP contribution in [-0.2, 0) is 0 Å². The molecule has 0 saturated heterocycles. The van der Waals surface area contributed by atoms with Crippen LogP contribution >= 0.6 is 0 Å². The van der Waals surface area contributed by atoms with E-state index in [2.05, 4.69) is 0 Å². The predicted molar refractivity (Wildman–Crippen MR) is 58.7 cm³/mol. The summed E-state index contributed by atoms with van der Waals surface area (Å²) in [6, 6.07) is 9.70. The second-order valence-corrected chi connectivity index (χ2v) is 3.20. The molecule has 1 aromatic heterocycles. The highest BCUT2D eigenvalue weighted by Crippen LogP contribution is 2.26. The van der Waals surface area contributed by atoms with Crippen molar-refractivity contribution in [3.63, 3.8) is 0 Å². The first kappa shape index (κ1) is 11.1. The van der Waals surface area contributed by atoms with Crippen molar-refractivity contribution in [2.75, 3.05) is 7.11 Å². The fraction of sp³-hybridized carbons (Fsp3) is 0.0833. The number of ether oxygens (including phenoxy) is 2. The molecule has 0 aliphatic heterocycles. The van der Waals surface area contributed by atoms with Gasteiger partial charge in [0.2, 0.25) is 5.76 Å². The number of hydrogen-bond donors (Lipinski definition) is 1. The summed E-state index contributed by atoms with van der Waals surface area (Å²) >= 11 is 0. The van der Waals surface area contributed by atoms with Crippen molar-refractivity contribution in [1.29, 1.82) is 0 Å². The molecule has 5 nitrogen and oxygen atoms in total. The van der Waals surface area contributed by atoms with Gasteiger partial charge >= 0.3 is 5.97 Å². The van der Waals surface area contributed by atoms with Crippen LogP contribution in [0.3, 0.4) is 0 Å². The van der Waals surface area contributed by atoms with Crippen LogP contribution < -0.4 is 9.47 Å². The number of carboxylic acids is 1. The third-order valence-corrected chi connectivity index (χ3v) is 2.05. The summed E-state index contributed by atoms with van der Waals surface area (Å²) in [5.41, 5.74) is 0. The van der Waals surface area contributed by atoms with E-state index in [4.69, 9.17) is 19.0 Å². The van der Waals surface area contributed by atoms with Crippen LogP contribution in [0.1, 0.15) is 10.6 Å². The number of carbonyl (C=O) groups is 1. The van der Waals surface area contributed by atoms with E-state index in [1.54, 1.807) is 31.4 Å². The molecule has 1 aromatic carbocycles. The van der Waals surface area contributed by atoms with Crippen LogP contribution in [0.25, 0.3) is 0 Å². The quantitative estimate of drug-likeness (QED) is 0.880. The molecule has 1 heterocycles. The van der Waals surface area contributed by atoms with E-state index in [1.807, 2.05) is 0 Å². The molecule has 0 amide bonds. The lowest BCUT2D eigenvalue weighted by atomic mass is 10.3. The van der Waals surface area contributed by atoms with Crippen molar-refractivity contribution in [3.05, 3.63) is 42.2 Å². The fourth-order valence-electron chi connectivity index (χ4n) is 1.27. The fourth-order valence-corrected chi connectivity index (χ4v) is 1.27. The van der Waals surface area contributed by atoms with E-state index in [0.717, 1.165) is 0 Å². The molecule has 17 heavy (non-hydrogen) atoms. The smallest absolute Gasteiger partial charge is 0.371 e. The Hall–Kier alpha value is -2.43. The number of furan rings is 1. The van der Waals surface area contributed by atoms with Crippen LogP contribution in [-0.4, -0.2) is 18.2 Å². The minimum Gasteiger partial charge on any atom is -0.497 e. The second kappa shape index (κ2) is 4.61. The van der Waals surface area contributed by atoms with Crippen molar-refractivity contribution in [1.82, 2.24) is 0 Å². The number of carboxylic acid groups (broad SMARTS) is 1.